The first-order chi connectivity index (χ1) is 12.5. The molecular weight excluding hydrogens is 348 g/mol. The van der Waals surface area contributed by atoms with Crippen molar-refractivity contribution >= 4 is 18.2 Å². The zero-order valence-electron chi connectivity index (χ0n) is 15.7. The minimum atomic E-state index is -0.0743. The SMILES string of the molecule is CCOC(=O)[C@H]1CCC[NH+](Cn2nc(C)n(-c3cccc(C)c3)c2=S)C1. The molecule has 1 N–H and O–H groups in total. The number of benzene rings is 1. The highest BCUT2D eigenvalue weighted by atomic mass is 32.1. The molecular formula is C19H27N4O2S+. The van der Waals surface area contributed by atoms with Crippen LogP contribution < -0.4 is 4.90 Å². The van der Waals surface area contributed by atoms with Gasteiger partial charge in [0.25, 0.3) is 0 Å². The quantitative estimate of drug-likeness (QED) is 0.640. The lowest BCUT2D eigenvalue weighted by molar-refractivity contribution is -0.930. The number of esters is 1. The van der Waals surface area contributed by atoms with Crippen LogP contribution in [0.15, 0.2) is 24.3 Å². The van der Waals surface area contributed by atoms with Crippen molar-refractivity contribution in [2.24, 2.45) is 5.92 Å². The van der Waals surface area contributed by atoms with Gasteiger partial charge in [0.15, 0.2) is 6.67 Å². The van der Waals surface area contributed by atoms with E-state index in [0.717, 1.165) is 37.4 Å². The summed E-state index contributed by atoms with van der Waals surface area (Å²) in [7, 11) is 0. The molecule has 0 radical (unpaired) electrons. The number of nitrogens with zero attached hydrogens (tertiary/aromatic N) is 3. The number of likely N-dealkylation sites (tertiary alicyclic amines) is 1. The maximum atomic E-state index is 12.1. The number of carbonyl (C=O) groups excluding carboxylic acids is 1. The third-order valence-electron chi connectivity index (χ3n) is 4.87. The van der Waals surface area contributed by atoms with Crippen LogP contribution in [0.2, 0.25) is 0 Å². The lowest BCUT2D eigenvalue weighted by Gasteiger charge is -2.28. The number of carbonyl (C=O) groups is 1. The van der Waals surface area contributed by atoms with Gasteiger partial charge in [0.2, 0.25) is 4.77 Å². The Morgan fingerprint density at radius 1 is 1.42 bits per heavy atom. The van der Waals surface area contributed by atoms with Crippen LogP contribution in [0.5, 0.6) is 0 Å². The van der Waals surface area contributed by atoms with Gasteiger partial charge >= 0.3 is 5.97 Å². The number of aryl methyl sites for hydroxylation is 2. The van der Waals surface area contributed by atoms with Crippen molar-refractivity contribution in [3.63, 3.8) is 0 Å². The third kappa shape index (κ3) is 4.04. The summed E-state index contributed by atoms with van der Waals surface area (Å²) in [5.41, 5.74) is 2.23. The van der Waals surface area contributed by atoms with Crippen LogP contribution in [-0.2, 0) is 16.2 Å². The zero-order valence-corrected chi connectivity index (χ0v) is 16.5. The summed E-state index contributed by atoms with van der Waals surface area (Å²) in [6.07, 6.45) is 1.92. The van der Waals surface area contributed by atoms with Gasteiger partial charge < -0.3 is 9.64 Å². The summed E-state index contributed by atoms with van der Waals surface area (Å²) >= 11 is 5.69. The molecule has 0 bridgehead atoms. The summed E-state index contributed by atoms with van der Waals surface area (Å²) in [5.74, 6) is 0.779. The van der Waals surface area contributed by atoms with Gasteiger partial charge in [-0.2, -0.15) is 9.78 Å². The fraction of sp³-hybridized carbons (Fsp3) is 0.526. The molecule has 1 fully saturated rings. The van der Waals surface area contributed by atoms with Gasteiger partial charge in [-0.3, -0.25) is 9.36 Å². The number of hydrogen-bond donors (Lipinski definition) is 1. The predicted octanol–water partition coefficient (Wildman–Crippen LogP) is 1.84. The summed E-state index contributed by atoms with van der Waals surface area (Å²) in [6.45, 7) is 8.81. The molecule has 2 aromatic rings. The minimum Gasteiger partial charge on any atom is -0.466 e. The fourth-order valence-electron chi connectivity index (χ4n) is 3.65. The number of nitrogens with one attached hydrogen (secondary N) is 1. The van der Waals surface area contributed by atoms with Crippen molar-refractivity contribution < 1.29 is 14.4 Å². The first kappa shape index (κ1) is 18.8. The molecule has 1 aromatic carbocycles. The Morgan fingerprint density at radius 2 is 2.23 bits per heavy atom. The number of ether oxygens (including phenoxy) is 1. The van der Waals surface area contributed by atoms with Crippen molar-refractivity contribution in [2.45, 2.75) is 40.3 Å². The Labute approximate surface area is 159 Å². The van der Waals surface area contributed by atoms with Crippen LogP contribution in [0, 0.1) is 24.5 Å². The van der Waals surface area contributed by atoms with E-state index in [0.29, 0.717) is 18.0 Å². The smallest absolute Gasteiger partial charge is 0.314 e. The lowest BCUT2D eigenvalue weighted by atomic mass is 9.99. The van der Waals surface area contributed by atoms with Gasteiger partial charge in [0, 0.05) is 5.69 Å². The van der Waals surface area contributed by atoms with Gasteiger partial charge in [-0.05, 0) is 63.5 Å². The zero-order chi connectivity index (χ0) is 18.7. The van der Waals surface area contributed by atoms with Crippen LogP contribution in [0.3, 0.4) is 0 Å². The maximum Gasteiger partial charge on any atom is 0.314 e. The predicted molar refractivity (Wildman–Crippen MR) is 102 cm³/mol. The average molecular weight is 376 g/mol. The van der Waals surface area contributed by atoms with Crippen molar-refractivity contribution in [3.8, 4) is 5.69 Å². The Kier molecular flexibility index (Phi) is 5.88. The molecule has 2 atom stereocenters. The highest BCUT2D eigenvalue weighted by molar-refractivity contribution is 7.71. The highest BCUT2D eigenvalue weighted by Crippen LogP contribution is 2.14. The number of piperidine rings is 1. The van der Waals surface area contributed by atoms with Crippen molar-refractivity contribution in [1.82, 2.24) is 14.3 Å². The molecule has 0 spiro atoms. The molecule has 6 nitrogen and oxygen atoms in total. The van der Waals surface area contributed by atoms with Crippen molar-refractivity contribution in [1.29, 1.82) is 0 Å². The maximum absolute atomic E-state index is 12.1. The Hall–Kier alpha value is -1.99. The third-order valence-corrected chi connectivity index (χ3v) is 5.27. The molecule has 26 heavy (non-hydrogen) atoms. The number of aromatic nitrogens is 3. The molecule has 0 aliphatic carbocycles. The molecule has 0 saturated carbocycles. The van der Waals surface area contributed by atoms with Crippen LogP contribution >= 0.6 is 12.2 Å². The molecule has 7 heteroatoms. The molecule has 140 valence electrons. The number of quaternary nitrogens is 1. The average Bonchev–Trinajstić information content (AvgIpc) is 2.89. The van der Waals surface area contributed by atoms with Crippen LogP contribution in [0.1, 0.15) is 31.2 Å². The van der Waals surface area contributed by atoms with Crippen LogP contribution in [-0.4, -0.2) is 40.0 Å². The highest BCUT2D eigenvalue weighted by Gasteiger charge is 2.30. The van der Waals surface area contributed by atoms with Gasteiger partial charge in [-0.1, -0.05) is 12.1 Å². The second-order valence-electron chi connectivity index (χ2n) is 6.96. The second-order valence-corrected chi connectivity index (χ2v) is 7.32. The first-order valence-corrected chi connectivity index (χ1v) is 9.64. The van der Waals surface area contributed by atoms with E-state index in [4.69, 9.17) is 17.0 Å². The topological polar surface area (TPSA) is 53.5 Å². The first-order valence-electron chi connectivity index (χ1n) is 9.23. The van der Waals surface area contributed by atoms with Crippen LogP contribution in [0.4, 0.5) is 0 Å². The molecule has 1 aromatic heterocycles. The summed E-state index contributed by atoms with van der Waals surface area (Å²) in [5, 5.41) is 4.65. The van der Waals surface area contributed by atoms with E-state index in [-0.39, 0.29) is 11.9 Å². The Balaban J connectivity index is 1.78. The van der Waals surface area contributed by atoms with Gasteiger partial charge in [-0.25, -0.2) is 0 Å². The largest absolute Gasteiger partial charge is 0.466 e. The molecule has 2 heterocycles. The number of rotatable bonds is 5. The van der Waals surface area contributed by atoms with Gasteiger partial charge in [-0.15, -0.1) is 0 Å². The normalized spacial score (nSPS) is 20.1. The van der Waals surface area contributed by atoms with E-state index < -0.39 is 0 Å². The van der Waals surface area contributed by atoms with E-state index in [1.54, 1.807) is 0 Å². The molecule has 1 unspecified atom stereocenters. The second kappa shape index (κ2) is 8.14. The lowest BCUT2D eigenvalue weighted by Crippen LogP contribution is -3.13. The summed E-state index contributed by atoms with van der Waals surface area (Å²) in [4.78, 5) is 13.4. The Morgan fingerprint density at radius 3 is 2.96 bits per heavy atom. The van der Waals surface area contributed by atoms with Gasteiger partial charge in [0.1, 0.15) is 11.7 Å². The van der Waals surface area contributed by atoms with Gasteiger partial charge in [0.05, 0.1) is 19.7 Å². The monoisotopic (exact) mass is 375 g/mol. The summed E-state index contributed by atoms with van der Waals surface area (Å²) in [6, 6.07) is 8.26. The molecule has 0 amide bonds. The van der Waals surface area contributed by atoms with E-state index in [2.05, 4.69) is 24.2 Å². The van der Waals surface area contributed by atoms with E-state index >= 15 is 0 Å². The van der Waals surface area contributed by atoms with Crippen molar-refractivity contribution in [2.75, 3.05) is 19.7 Å². The minimum absolute atomic E-state index is 0.0205. The number of hydrogen-bond acceptors (Lipinski definition) is 4. The standard InChI is InChI=1S/C19H26N4O2S/c1-4-25-18(24)16-8-6-10-21(12-16)13-22-19(26)23(15(3)20-22)17-9-5-7-14(2)11-17/h5,7,9,11,16H,4,6,8,10,12-13H2,1-3H3/p+1/t16-/m0/s1. The molecule has 3 rings (SSSR count). The Bertz CT molecular complexity index is 842. The summed E-state index contributed by atoms with van der Waals surface area (Å²) < 4.78 is 9.78. The molecule has 1 aliphatic heterocycles. The van der Waals surface area contributed by atoms with E-state index in [1.165, 1.54) is 10.5 Å². The van der Waals surface area contributed by atoms with E-state index in [9.17, 15) is 4.79 Å². The van der Waals surface area contributed by atoms with Crippen LogP contribution in [0.25, 0.3) is 5.69 Å². The van der Waals surface area contributed by atoms with Crippen molar-refractivity contribution in [3.05, 3.63) is 40.4 Å². The molecule has 1 aliphatic rings. The molecule has 1 saturated heterocycles. The fourth-order valence-corrected chi connectivity index (χ4v) is 3.99. The van der Waals surface area contributed by atoms with E-state index in [1.807, 2.05) is 35.2 Å².